The number of ether oxygens (including phenoxy) is 1. The van der Waals surface area contributed by atoms with Gasteiger partial charge in [0.1, 0.15) is 23.3 Å². The minimum absolute atomic E-state index is 0.0218. The molecule has 3 aromatic rings. The van der Waals surface area contributed by atoms with Crippen molar-refractivity contribution in [2.24, 2.45) is 0 Å². The van der Waals surface area contributed by atoms with Crippen LogP contribution in [0.4, 0.5) is 4.39 Å². The largest absolute Gasteiger partial charge is 0.482 e. The monoisotopic (exact) mass is 341 g/mol. The number of amides is 1. The Bertz CT molecular complexity index is 921. The van der Waals surface area contributed by atoms with E-state index in [4.69, 9.17) is 9.15 Å². The molecule has 0 bridgehead atoms. The predicted molar refractivity (Wildman–Crippen MR) is 87.6 cm³/mol. The van der Waals surface area contributed by atoms with Gasteiger partial charge in [0.2, 0.25) is 5.89 Å². The Morgan fingerprint density at radius 2 is 2.24 bits per heavy atom. The lowest BCUT2D eigenvalue weighted by Gasteiger charge is -2.25. The Kier molecular flexibility index (Phi) is 4.05. The SMILES string of the molecule is O=C(NC1CCC1)c1coc(COc2ccc(F)c3cccnc23)n1. The summed E-state index contributed by atoms with van der Waals surface area (Å²) < 4.78 is 24.7. The molecule has 0 saturated heterocycles. The average molecular weight is 341 g/mol. The molecule has 1 aromatic carbocycles. The van der Waals surface area contributed by atoms with Crippen molar-refractivity contribution in [3.63, 3.8) is 0 Å². The van der Waals surface area contributed by atoms with Gasteiger partial charge in [-0.25, -0.2) is 9.37 Å². The van der Waals surface area contributed by atoms with Crippen LogP contribution in [-0.2, 0) is 6.61 Å². The molecule has 4 rings (SSSR count). The Hall–Kier alpha value is -2.96. The molecule has 0 spiro atoms. The second-order valence-electron chi connectivity index (χ2n) is 5.96. The Morgan fingerprint density at radius 1 is 1.36 bits per heavy atom. The predicted octanol–water partition coefficient (Wildman–Crippen LogP) is 3.22. The maximum Gasteiger partial charge on any atom is 0.273 e. The van der Waals surface area contributed by atoms with Crippen LogP contribution in [0.15, 0.2) is 41.1 Å². The van der Waals surface area contributed by atoms with Crippen LogP contribution >= 0.6 is 0 Å². The van der Waals surface area contributed by atoms with Gasteiger partial charge in [-0.05, 0) is 43.5 Å². The van der Waals surface area contributed by atoms with Crippen molar-refractivity contribution in [1.82, 2.24) is 15.3 Å². The third-order valence-corrected chi connectivity index (χ3v) is 4.26. The summed E-state index contributed by atoms with van der Waals surface area (Å²) >= 11 is 0. The lowest BCUT2D eigenvalue weighted by molar-refractivity contribution is 0.0911. The van der Waals surface area contributed by atoms with E-state index >= 15 is 0 Å². The van der Waals surface area contributed by atoms with Crippen LogP contribution in [-0.4, -0.2) is 21.9 Å². The quantitative estimate of drug-likeness (QED) is 0.771. The summed E-state index contributed by atoms with van der Waals surface area (Å²) in [5.41, 5.74) is 0.657. The van der Waals surface area contributed by atoms with Gasteiger partial charge in [-0.2, -0.15) is 0 Å². The summed E-state index contributed by atoms with van der Waals surface area (Å²) in [6.45, 7) is 0.0218. The molecular formula is C18H16FN3O3. The van der Waals surface area contributed by atoms with E-state index in [-0.39, 0.29) is 36.0 Å². The van der Waals surface area contributed by atoms with Gasteiger partial charge in [-0.3, -0.25) is 9.78 Å². The van der Waals surface area contributed by atoms with E-state index in [0.717, 1.165) is 19.3 Å². The van der Waals surface area contributed by atoms with Crippen molar-refractivity contribution in [2.75, 3.05) is 0 Å². The van der Waals surface area contributed by atoms with E-state index in [9.17, 15) is 9.18 Å². The van der Waals surface area contributed by atoms with Crippen molar-refractivity contribution < 1.29 is 18.3 Å². The Balaban J connectivity index is 1.45. The third kappa shape index (κ3) is 3.17. The summed E-state index contributed by atoms with van der Waals surface area (Å²) in [6, 6.07) is 6.37. The van der Waals surface area contributed by atoms with E-state index in [0.29, 0.717) is 16.7 Å². The molecular weight excluding hydrogens is 325 g/mol. The molecule has 0 atom stereocenters. The number of carbonyl (C=O) groups is 1. The third-order valence-electron chi connectivity index (χ3n) is 4.26. The highest BCUT2D eigenvalue weighted by Gasteiger charge is 2.22. The van der Waals surface area contributed by atoms with Crippen molar-refractivity contribution in [2.45, 2.75) is 31.9 Å². The first-order valence-electron chi connectivity index (χ1n) is 8.12. The summed E-state index contributed by atoms with van der Waals surface area (Å²) in [4.78, 5) is 20.3. The molecule has 1 saturated carbocycles. The summed E-state index contributed by atoms with van der Waals surface area (Å²) in [6.07, 6.45) is 6.04. The number of nitrogens with zero attached hydrogens (tertiary/aromatic N) is 2. The highest BCUT2D eigenvalue weighted by atomic mass is 19.1. The molecule has 25 heavy (non-hydrogen) atoms. The van der Waals surface area contributed by atoms with Crippen molar-refractivity contribution >= 4 is 16.8 Å². The van der Waals surface area contributed by atoms with Crippen LogP contribution in [0.2, 0.25) is 0 Å². The maximum absolute atomic E-state index is 13.8. The van der Waals surface area contributed by atoms with Gasteiger partial charge in [0.25, 0.3) is 5.91 Å². The van der Waals surface area contributed by atoms with E-state index in [1.807, 2.05) is 0 Å². The first-order chi connectivity index (χ1) is 12.2. The number of hydrogen-bond acceptors (Lipinski definition) is 5. The number of carbonyl (C=O) groups excluding carboxylic acids is 1. The number of rotatable bonds is 5. The summed E-state index contributed by atoms with van der Waals surface area (Å²) in [7, 11) is 0. The zero-order chi connectivity index (χ0) is 17.2. The Labute approximate surface area is 143 Å². The molecule has 1 aliphatic carbocycles. The number of benzene rings is 1. The molecule has 1 fully saturated rings. The standard InChI is InChI=1S/C18H16FN3O3/c19-13-6-7-15(17-12(13)5-2-8-20-17)24-10-16-22-14(9-25-16)18(23)21-11-3-1-4-11/h2,5-9,11H,1,3-4,10H2,(H,21,23). The lowest BCUT2D eigenvalue weighted by atomic mass is 9.93. The second kappa shape index (κ2) is 6.51. The fourth-order valence-electron chi connectivity index (χ4n) is 2.66. The Morgan fingerprint density at radius 3 is 3.04 bits per heavy atom. The van der Waals surface area contributed by atoms with Gasteiger partial charge in [0.05, 0.1) is 0 Å². The molecule has 7 heteroatoms. The van der Waals surface area contributed by atoms with E-state index < -0.39 is 0 Å². The molecule has 6 nitrogen and oxygen atoms in total. The molecule has 2 aromatic heterocycles. The highest BCUT2D eigenvalue weighted by Crippen LogP contribution is 2.26. The number of hydrogen-bond donors (Lipinski definition) is 1. The van der Waals surface area contributed by atoms with E-state index in [2.05, 4.69) is 15.3 Å². The van der Waals surface area contributed by atoms with Crippen molar-refractivity contribution in [3.8, 4) is 5.75 Å². The minimum Gasteiger partial charge on any atom is -0.482 e. The number of fused-ring (bicyclic) bond motifs is 1. The number of nitrogens with one attached hydrogen (secondary N) is 1. The average Bonchev–Trinajstić information content (AvgIpc) is 3.07. The van der Waals surface area contributed by atoms with Gasteiger partial charge in [-0.15, -0.1) is 0 Å². The second-order valence-corrected chi connectivity index (χ2v) is 5.96. The molecule has 128 valence electrons. The van der Waals surface area contributed by atoms with E-state index in [1.165, 1.54) is 18.4 Å². The van der Waals surface area contributed by atoms with Crippen LogP contribution in [0, 0.1) is 5.82 Å². The number of pyridine rings is 1. The van der Waals surface area contributed by atoms with Crippen molar-refractivity contribution in [1.29, 1.82) is 0 Å². The van der Waals surface area contributed by atoms with Gasteiger partial charge < -0.3 is 14.5 Å². The van der Waals surface area contributed by atoms with Gasteiger partial charge in [0.15, 0.2) is 12.3 Å². The van der Waals surface area contributed by atoms with Crippen LogP contribution in [0.3, 0.4) is 0 Å². The van der Waals surface area contributed by atoms with Crippen LogP contribution in [0.1, 0.15) is 35.6 Å². The highest BCUT2D eigenvalue weighted by molar-refractivity contribution is 5.92. The first kappa shape index (κ1) is 15.6. The van der Waals surface area contributed by atoms with E-state index in [1.54, 1.807) is 18.3 Å². The van der Waals surface area contributed by atoms with Crippen LogP contribution in [0.5, 0.6) is 5.75 Å². The number of halogens is 1. The minimum atomic E-state index is -0.360. The van der Waals surface area contributed by atoms with Gasteiger partial charge in [0, 0.05) is 17.6 Å². The van der Waals surface area contributed by atoms with Crippen LogP contribution < -0.4 is 10.1 Å². The fraction of sp³-hybridized carbons (Fsp3) is 0.278. The molecule has 1 aliphatic rings. The molecule has 0 aliphatic heterocycles. The summed E-state index contributed by atoms with van der Waals surface area (Å²) in [5, 5.41) is 3.28. The van der Waals surface area contributed by atoms with Crippen LogP contribution in [0.25, 0.3) is 10.9 Å². The first-order valence-corrected chi connectivity index (χ1v) is 8.12. The maximum atomic E-state index is 13.8. The zero-order valence-electron chi connectivity index (χ0n) is 13.4. The number of aromatic nitrogens is 2. The molecule has 1 amide bonds. The zero-order valence-corrected chi connectivity index (χ0v) is 13.4. The molecule has 0 radical (unpaired) electrons. The molecule has 2 heterocycles. The normalized spacial score (nSPS) is 14.3. The fourth-order valence-corrected chi connectivity index (χ4v) is 2.66. The topological polar surface area (TPSA) is 77.2 Å². The lowest BCUT2D eigenvalue weighted by Crippen LogP contribution is -2.39. The number of oxazole rings is 1. The smallest absolute Gasteiger partial charge is 0.273 e. The molecule has 0 unspecified atom stereocenters. The summed E-state index contributed by atoms with van der Waals surface area (Å²) in [5.74, 6) is 0.0953. The molecule has 1 N–H and O–H groups in total. The van der Waals surface area contributed by atoms with Gasteiger partial charge >= 0.3 is 0 Å². The van der Waals surface area contributed by atoms with Gasteiger partial charge in [-0.1, -0.05) is 0 Å². The van der Waals surface area contributed by atoms with Crippen molar-refractivity contribution in [3.05, 3.63) is 54.1 Å².